The highest BCUT2D eigenvalue weighted by atomic mass is 16.3. The van der Waals surface area contributed by atoms with Crippen LogP contribution in [0.4, 0.5) is 0 Å². The number of aliphatic hydroxyl groups excluding tert-OH is 1. The first-order valence-corrected chi connectivity index (χ1v) is 6.55. The molecule has 0 aromatic carbocycles. The van der Waals surface area contributed by atoms with E-state index in [1.165, 1.54) is 0 Å². The van der Waals surface area contributed by atoms with Crippen molar-refractivity contribution in [3.8, 4) is 0 Å². The van der Waals surface area contributed by atoms with Crippen molar-refractivity contribution in [3.63, 3.8) is 0 Å². The highest BCUT2D eigenvalue weighted by molar-refractivity contribution is 5.82. The third-order valence-electron chi connectivity index (χ3n) is 3.57. The summed E-state index contributed by atoms with van der Waals surface area (Å²) in [4.78, 5) is 14.2. The minimum atomic E-state index is -0.491. The van der Waals surface area contributed by atoms with Crippen LogP contribution in [0, 0.1) is 5.41 Å². The van der Waals surface area contributed by atoms with Crippen molar-refractivity contribution >= 4 is 5.91 Å². The second-order valence-electron chi connectivity index (χ2n) is 6.06. The lowest BCUT2D eigenvalue weighted by molar-refractivity contribution is -0.138. The Balaban J connectivity index is 2.77. The van der Waals surface area contributed by atoms with Gasteiger partial charge in [0.25, 0.3) is 0 Å². The average Bonchev–Trinajstić information content (AvgIpc) is 2.50. The Kier molecular flexibility index (Phi) is 4.95. The highest BCUT2D eigenvalue weighted by Gasteiger charge is 2.34. The number of likely N-dealkylation sites (tertiary alicyclic amines) is 1. The highest BCUT2D eigenvalue weighted by Crippen LogP contribution is 2.23. The summed E-state index contributed by atoms with van der Waals surface area (Å²) in [7, 11) is 0. The van der Waals surface area contributed by atoms with Gasteiger partial charge in [-0.2, -0.15) is 0 Å². The van der Waals surface area contributed by atoms with E-state index >= 15 is 0 Å². The molecule has 0 aromatic heterocycles. The maximum Gasteiger partial charge on any atom is 0.240 e. The fraction of sp³-hybridized carbons (Fsp3) is 0.923. The molecule has 1 amide bonds. The molecule has 1 heterocycles. The van der Waals surface area contributed by atoms with Crippen molar-refractivity contribution in [1.82, 2.24) is 4.90 Å². The molecule has 3 N–H and O–H groups in total. The van der Waals surface area contributed by atoms with Crippen LogP contribution in [0.3, 0.4) is 0 Å². The fourth-order valence-corrected chi connectivity index (χ4v) is 2.21. The van der Waals surface area contributed by atoms with Crippen LogP contribution in [0.15, 0.2) is 0 Å². The van der Waals surface area contributed by atoms with Gasteiger partial charge < -0.3 is 15.7 Å². The first-order valence-electron chi connectivity index (χ1n) is 6.55. The number of hydrogen-bond donors (Lipinski definition) is 2. The van der Waals surface area contributed by atoms with E-state index in [0.717, 1.165) is 32.2 Å². The molecule has 0 spiro atoms. The molecule has 0 aromatic rings. The second kappa shape index (κ2) is 5.83. The molecule has 4 heteroatoms. The van der Waals surface area contributed by atoms with Gasteiger partial charge in [-0.15, -0.1) is 0 Å². The van der Waals surface area contributed by atoms with Gasteiger partial charge in [0.1, 0.15) is 0 Å². The number of amides is 1. The molecule has 0 saturated carbocycles. The number of nitrogens with zero attached hydrogens (tertiary/aromatic N) is 1. The summed E-state index contributed by atoms with van der Waals surface area (Å²) in [6, 6.07) is -0.534. The summed E-state index contributed by atoms with van der Waals surface area (Å²) in [6.45, 7) is 6.69. The Hall–Kier alpha value is -0.610. The molecule has 1 rings (SSSR count). The number of nitrogens with two attached hydrogens (primary N) is 1. The van der Waals surface area contributed by atoms with E-state index in [0.29, 0.717) is 0 Å². The zero-order valence-electron chi connectivity index (χ0n) is 11.3. The lowest BCUT2D eigenvalue weighted by Crippen LogP contribution is -2.54. The number of carbonyl (C=O) groups is 1. The van der Waals surface area contributed by atoms with Crippen molar-refractivity contribution in [2.75, 3.05) is 13.2 Å². The van der Waals surface area contributed by atoms with Gasteiger partial charge in [-0.1, -0.05) is 33.6 Å². The summed E-state index contributed by atoms with van der Waals surface area (Å²) in [6.07, 6.45) is 4.11. The summed E-state index contributed by atoms with van der Waals surface area (Å²) >= 11 is 0. The van der Waals surface area contributed by atoms with Crippen molar-refractivity contribution in [2.45, 2.75) is 58.5 Å². The lowest BCUT2D eigenvalue weighted by atomic mass is 9.86. The standard InChI is InChI=1S/C13H26N2O2/c1-13(2,3)11(14)12(17)15-8-6-4-5-7-10(15)9-16/h10-11,16H,4-9,14H2,1-3H3/t10?,11-/m1/s1. The molecule has 0 radical (unpaired) electrons. The van der Waals surface area contributed by atoms with Gasteiger partial charge in [0.2, 0.25) is 5.91 Å². The molecule has 1 aliphatic rings. The zero-order valence-corrected chi connectivity index (χ0v) is 11.3. The minimum absolute atomic E-state index is 0.0153. The largest absolute Gasteiger partial charge is 0.394 e. The quantitative estimate of drug-likeness (QED) is 0.762. The molecule has 1 aliphatic heterocycles. The second-order valence-corrected chi connectivity index (χ2v) is 6.06. The minimum Gasteiger partial charge on any atom is -0.394 e. The third-order valence-corrected chi connectivity index (χ3v) is 3.57. The van der Waals surface area contributed by atoms with Crippen LogP contribution >= 0.6 is 0 Å². The van der Waals surface area contributed by atoms with Crippen molar-refractivity contribution in [2.24, 2.45) is 11.1 Å². The smallest absolute Gasteiger partial charge is 0.240 e. The first kappa shape index (κ1) is 14.5. The molecule has 4 nitrogen and oxygen atoms in total. The topological polar surface area (TPSA) is 66.6 Å². The fourth-order valence-electron chi connectivity index (χ4n) is 2.21. The van der Waals surface area contributed by atoms with Crippen LogP contribution in [0.2, 0.25) is 0 Å². The Bertz CT molecular complexity index is 261. The van der Waals surface area contributed by atoms with Crippen molar-refractivity contribution < 1.29 is 9.90 Å². The van der Waals surface area contributed by atoms with Gasteiger partial charge in [-0.25, -0.2) is 0 Å². The van der Waals surface area contributed by atoms with E-state index in [4.69, 9.17) is 5.73 Å². The predicted octanol–water partition coefficient (Wildman–Crippen LogP) is 1.12. The summed E-state index contributed by atoms with van der Waals surface area (Å²) in [5.74, 6) is -0.0153. The Morgan fingerprint density at radius 1 is 1.41 bits per heavy atom. The van der Waals surface area contributed by atoms with Crippen molar-refractivity contribution in [1.29, 1.82) is 0 Å². The van der Waals surface area contributed by atoms with Gasteiger partial charge in [0.05, 0.1) is 18.7 Å². The molecule has 1 fully saturated rings. The molecule has 1 unspecified atom stereocenters. The summed E-state index contributed by atoms with van der Waals surface area (Å²) in [5, 5.41) is 9.39. The number of carbonyl (C=O) groups excluding carboxylic acids is 1. The van der Waals surface area contributed by atoms with Crippen LogP contribution in [0.25, 0.3) is 0 Å². The van der Waals surface area contributed by atoms with E-state index in [-0.39, 0.29) is 24.0 Å². The molecule has 1 saturated heterocycles. The zero-order chi connectivity index (χ0) is 13.1. The summed E-state index contributed by atoms with van der Waals surface area (Å²) < 4.78 is 0. The SMILES string of the molecule is CC(C)(C)[C@H](N)C(=O)N1CCCCCC1CO. The maximum atomic E-state index is 12.4. The number of rotatable bonds is 2. The van der Waals surface area contributed by atoms with E-state index in [9.17, 15) is 9.90 Å². The van der Waals surface area contributed by atoms with E-state index < -0.39 is 6.04 Å². The van der Waals surface area contributed by atoms with Gasteiger partial charge in [-0.3, -0.25) is 4.79 Å². The van der Waals surface area contributed by atoms with Gasteiger partial charge in [0.15, 0.2) is 0 Å². The Labute approximate surface area is 104 Å². The average molecular weight is 242 g/mol. The van der Waals surface area contributed by atoms with E-state index in [1.807, 2.05) is 20.8 Å². The van der Waals surface area contributed by atoms with Crippen LogP contribution in [-0.4, -0.2) is 41.1 Å². The van der Waals surface area contributed by atoms with Gasteiger partial charge in [0, 0.05) is 6.54 Å². The maximum absolute atomic E-state index is 12.4. The van der Waals surface area contributed by atoms with Crippen LogP contribution in [-0.2, 0) is 4.79 Å². The van der Waals surface area contributed by atoms with E-state index in [1.54, 1.807) is 4.90 Å². The van der Waals surface area contributed by atoms with Crippen LogP contribution < -0.4 is 5.73 Å². The first-order chi connectivity index (χ1) is 7.88. The van der Waals surface area contributed by atoms with E-state index in [2.05, 4.69) is 0 Å². The summed E-state index contributed by atoms with van der Waals surface area (Å²) in [5.41, 5.74) is 5.79. The molecule has 17 heavy (non-hydrogen) atoms. The molecule has 2 atom stereocenters. The normalized spacial score (nSPS) is 24.3. The number of hydrogen-bond acceptors (Lipinski definition) is 3. The third kappa shape index (κ3) is 3.68. The number of aliphatic hydroxyl groups is 1. The van der Waals surface area contributed by atoms with Gasteiger partial charge >= 0.3 is 0 Å². The molecular weight excluding hydrogens is 216 g/mol. The van der Waals surface area contributed by atoms with Crippen LogP contribution in [0.1, 0.15) is 46.5 Å². The monoisotopic (exact) mass is 242 g/mol. The van der Waals surface area contributed by atoms with Crippen molar-refractivity contribution in [3.05, 3.63) is 0 Å². The van der Waals surface area contributed by atoms with Crippen LogP contribution in [0.5, 0.6) is 0 Å². The predicted molar refractivity (Wildman–Crippen MR) is 68.5 cm³/mol. The molecule has 100 valence electrons. The molecular formula is C13H26N2O2. The Morgan fingerprint density at radius 3 is 2.59 bits per heavy atom. The lowest BCUT2D eigenvalue weighted by Gasteiger charge is -2.35. The molecule has 0 aliphatic carbocycles. The Morgan fingerprint density at radius 2 is 2.06 bits per heavy atom. The molecule has 0 bridgehead atoms. The van der Waals surface area contributed by atoms with Gasteiger partial charge in [-0.05, 0) is 18.3 Å².